The molecule has 0 unspecified atom stereocenters. The Hall–Kier alpha value is -1.91. The average molecular weight is 179 g/mol. The van der Waals surface area contributed by atoms with Crippen LogP contribution in [-0.4, -0.2) is 16.8 Å². The summed E-state index contributed by atoms with van der Waals surface area (Å²) in [6.45, 7) is 1.52. The molecular weight excluding hydrogens is 170 g/mol. The highest BCUT2D eigenvalue weighted by Gasteiger charge is 2.05. The Bertz CT molecular complexity index is 317. The quantitative estimate of drug-likeness (QED) is 0.311. The van der Waals surface area contributed by atoms with E-state index in [1.54, 1.807) is 18.3 Å². The highest BCUT2D eigenvalue weighted by molar-refractivity contribution is 5.89. The van der Waals surface area contributed by atoms with E-state index < -0.39 is 5.97 Å². The van der Waals surface area contributed by atoms with E-state index in [-0.39, 0.29) is 5.84 Å². The summed E-state index contributed by atoms with van der Waals surface area (Å²) >= 11 is 0. The molecule has 1 aromatic rings. The molecule has 68 valence electrons. The molecule has 0 saturated heterocycles. The summed E-state index contributed by atoms with van der Waals surface area (Å²) in [5, 5.41) is 3.32. The fourth-order valence-electron chi connectivity index (χ4n) is 0.650. The molecule has 0 fully saturated rings. The van der Waals surface area contributed by atoms with Crippen molar-refractivity contribution in [3.8, 4) is 0 Å². The number of nitrogens with two attached hydrogens (primary N) is 1. The maximum Gasteiger partial charge on any atom is 0.367 e. The molecule has 0 amide bonds. The lowest BCUT2D eigenvalue weighted by molar-refractivity contribution is 0.0515. The predicted molar refractivity (Wildman–Crippen MR) is 46.9 cm³/mol. The number of oxime groups is 1. The van der Waals surface area contributed by atoms with Crippen LogP contribution in [0.15, 0.2) is 29.7 Å². The van der Waals surface area contributed by atoms with Crippen molar-refractivity contribution < 1.29 is 9.63 Å². The van der Waals surface area contributed by atoms with Gasteiger partial charge in [-0.3, -0.25) is 4.98 Å². The normalized spacial score (nSPS) is 11.0. The Kier molecular flexibility index (Phi) is 2.97. The maximum atomic E-state index is 11.1. The van der Waals surface area contributed by atoms with Gasteiger partial charge in [-0.25, -0.2) is 4.79 Å². The van der Waals surface area contributed by atoms with E-state index in [2.05, 4.69) is 15.0 Å². The minimum Gasteiger partial charge on any atom is -0.385 e. The van der Waals surface area contributed by atoms with Gasteiger partial charge in [-0.1, -0.05) is 5.16 Å². The van der Waals surface area contributed by atoms with Crippen LogP contribution < -0.4 is 5.73 Å². The van der Waals surface area contributed by atoms with Crippen LogP contribution in [0, 0.1) is 0 Å². The molecule has 2 N–H and O–H groups in total. The molecule has 0 aliphatic carbocycles. The molecule has 0 aromatic carbocycles. The van der Waals surface area contributed by atoms with Crippen molar-refractivity contribution in [3.63, 3.8) is 0 Å². The van der Waals surface area contributed by atoms with Crippen LogP contribution in [-0.2, 0) is 4.84 Å². The molecule has 5 heteroatoms. The average Bonchev–Trinajstić information content (AvgIpc) is 2.15. The van der Waals surface area contributed by atoms with Gasteiger partial charge < -0.3 is 10.6 Å². The number of amidine groups is 1. The molecule has 0 spiro atoms. The van der Waals surface area contributed by atoms with E-state index in [0.717, 1.165) is 0 Å². The van der Waals surface area contributed by atoms with Gasteiger partial charge in [0.05, 0.1) is 5.56 Å². The highest BCUT2D eigenvalue weighted by atomic mass is 16.7. The third-order valence-corrected chi connectivity index (χ3v) is 1.17. The second-order valence-corrected chi connectivity index (χ2v) is 2.35. The number of pyridine rings is 1. The molecule has 0 aliphatic rings. The number of aromatic nitrogens is 1. The third-order valence-electron chi connectivity index (χ3n) is 1.17. The molecule has 0 bridgehead atoms. The molecule has 1 aromatic heterocycles. The van der Waals surface area contributed by atoms with E-state index in [1.165, 1.54) is 13.1 Å². The second kappa shape index (κ2) is 4.20. The van der Waals surface area contributed by atoms with Crippen LogP contribution in [0.1, 0.15) is 17.3 Å². The van der Waals surface area contributed by atoms with Crippen LogP contribution >= 0.6 is 0 Å². The Labute approximate surface area is 75.2 Å². The topological polar surface area (TPSA) is 77.6 Å². The Balaban J connectivity index is 2.65. The van der Waals surface area contributed by atoms with Gasteiger partial charge >= 0.3 is 5.97 Å². The largest absolute Gasteiger partial charge is 0.385 e. The van der Waals surface area contributed by atoms with Gasteiger partial charge in [-0.05, 0) is 19.1 Å². The van der Waals surface area contributed by atoms with Gasteiger partial charge in [0.25, 0.3) is 0 Å². The van der Waals surface area contributed by atoms with Crippen LogP contribution in [0.5, 0.6) is 0 Å². The minimum atomic E-state index is -0.571. The molecule has 5 nitrogen and oxygen atoms in total. The summed E-state index contributed by atoms with van der Waals surface area (Å²) in [7, 11) is 0. The summed E-state index contributed by atoms with van der Waals surface area (Å²) in [5.41, 5.74) is 5.52. The van der Waals surface area contributed by atoms with E-state index in [4.69, 9.17) is 5.73 Å². The summed E-state index contributed by atoms with van der Waals surface area (Å²) in [5.74, 6) is -0.379. The van der Waals surface area contributed by atoms with E-state index in [0.29, 0.717) is 5.56 Å². The molecule has 13 heavy (non-hydrogen) atoms. The zero-order valence-corrected chi connectivity index (χ0v) is 7.10. The van der Waals surface area contributed by atoms with Crippen molar-refractivity contribution in [1.29, 1.82) is 0 Å². The molecule has 1 rings (SSSR count). The SMILES string of the molecule is CC(N)=NOC(=O)c1cccnc1. The lowest BCUT2D eigenvalue weighted by Gasteiger charge is -1.96. The van der Waals surface area contributed by atoms with Gasteiger partial charge in [-0.2, -0.15) is 0 Å². The monoisotopic (exact) mass is 179 g/mol. The fraction of sp³-hybridized carbons (Fsp3) is 0.125. The number of hydrogen-bond donors (Lipinski definition) is 1. The standard InChI is InChI=1S/C8H9N3O2/c1-6(9)11-13-8(12)7-3-2-4-10-5-7/h2-5H,1H3,(H2,9,11). The van der Waals surface area contributed by atoms with Gasteiger partial charge in [0.15, 0.2) is 0 Å². The Morgan fingerprint density at radius 2 is 2.46 bits per heavy atom. The lowest BCUT2D eigenvalue weighted by atomic mass is 10.3. The van der Waals surface area contributed by atoms with Crippen molar-refractivity contribution in [2.24, 2.45) is 10.9 Å². The van der Waals surface area contributed by atoms with Crippen molar-refractivity contribution in [2.45, 2.75) is 6.92 Å². The van der Waals surface area contributed by atoms with Crippen LogP contribution in [0.4, 0.5) is 0 Å². The molecular formula is C8H9N3O2. The van der Waals surface area contributed by atoms with Crippen LogP contribution in [0.25, 0.3) is 0 Å². The molecule has 0 aliphatic heterocycles. The van der Waals surface area contributed by atoms with Crippen molar-refractivity contribution >= 4 is 11.8 Å². The van der Waals surface area contributed by atoms with Crippen molar-refractivity contribution in [3.05, 3.63) is 30.1 Å². The molecule has 0 saturated carbocycles. The third kappa shape index (κ3) is 2.90. The number of carbonyl (C=O) groups is 1. The van der Waals surface area contributed by atoms with Gasteiger partial charge in [0.1, 0.15) is 5.84 Å². The zero-order valence-electron chi connectivity index (χ0n) is 7.10. The Morgan fingerprint density at radius 1 is 1.69 bits per heavy atom. The first-order valence-electron chi connectivity index (χ1n) is 3.61. The first-order valence-corrected chi connectivity index (χ1v) is 3.61. The van der Waals surface area contributed by atoms with E-state index >= 15 is 0 Å². The summed E-state index contributed by atoms with van der Waals surface area (Å²) in [6.07, 6.45) is 2.96. The first kappa shape index (κ1) is 9.18. The molecule has 0 atom stereocenters. The summed E-state index contributed by atoms with van der Waals surface area (Å²) in [6, 6.07) is 3.21. The number of rotatable bonds is 2. The molecule has 1 heterocycles. The highest BCUT2D eigenvalue weighted by Crippen LogP contribution is 1.98. The van der Waals surface area contributed by atoms with Gasteiger partial charge in [0, 0.05) is 12.4 Å². The smallest absolute Gasteiger partial charge is 0.367 e. The maximum absolute atomic E-state index is 11.1. The summed E-state index contributed by atoms with van der Waals surface area (Å²) < 4.78 is 0. The van der Waals surface area contributed by atoms with Gasteiger partial charge in [0.2, 0.25) is 0 Å². The number of carbonyl (C=O) groups excluding carboxylic acids is 1. The summed E-state index contributed by atoms with van der Waals surface area (Å²) in [4.78, 5) is 19.4. The van der Waals surface area contributed by atoms with E-state index in [1.807, 2.05) is 0 Å². The van der Waals surface area contributed by atoms with Crippen LogP contribution in [0.2, 0.25) is 0 Å². The van der Waals surface area contributed by atoms with Gasteiger partial charge in [-0.15, -0.1) is 0 Å². The number of hydrogen-bond acceptors (Lipinski definition) is 4. The predicted octanol–water partition coefficient (Wildman–Crippen LogP) is 0.530. The van der Waals surface area contributed by atoms with Crippen LogP contribution in [0.3, 0.4) is 0 Å². The minimum absolute atomic E-state index is 0.192. The zero-order chi connectivity index (χ0) is 9.68. The second-order valence-electron chi connectivity index (χ2n) is 2.35. The lowest BCUT2D eigenvalue weighted by Crippen LogP contribution is -2.09. The van der Waals surface area contributed by atoms with Crippen molar-refractivity contribution in [2.75, 3.05) is 0 Å². The fourth-order valence-corrected chi connectivity index (χ4v) is 0.650. The van der Waals surface area contributed by atoms with Crippen molar-refractivity contribution in [1.82, 2.24) is 4.98 Å². The van der Waals surface area contributed by atoms with E-state index in [9.17, 15) is 4.79 Å². The molecule has 0 radical (unpaired) electrons. The number of nitrogens with zero attached hydrogens (tertiary/aromatic N) is 2. The first-order chi connectivity index (χ1) is 6.20. The Morgan fingerprint density at radius 3 is 3.00 bits per heavy atom.